The highest BCUT2D eigenvalue weighted by Crippen LogP contribution is 2.20. The lowest BCUT2D eigenvalue weighted by molar-refractivity contribution is 0.0951. The van der Waals surface area contributed by atoms with E-state index in [1.54, 1.807) is 6.92 Å². The SMILES string of the molecule is Cc1nc(N)sc1C(=O)NCC1CCS(=O)(=O)C1. The number of anilines is 1. The monoisotopic (exact) mass is 289 g/mol. The minimum Gasteiger partial charge on any atom is -0.375 e. The molecule has 18 heavy (non-hydrogen) atoms. The molecule has 2 heterocycles. The Balaban J connectivity index is 1.91. The van der Waals surface area contributed by atoms with Crippen LogP contribution < -0.4 is 11.1 Å². The number of sulfone groups is 1. The Morgan fingerprint density at radius 2 is 2.33 bits per heavy atom. The van der Waals surface area contributed by atoms with Gasteiger partial charge in [0.15, 0.2) is 15.0 Å². The molecule has 1 aliphatic heterocycles. The average molecular weight is 289 g/mol. The Bertz CT molecular complexity index is 565. The van der Waals surface area contributed by atoms with Crippen LogP contribution in [0.4, 0.5) is 5.13 Å². The van der Waals surface area contributed by atoms with Crippen molar-refractivity contribution in [3.63, 3.8) is 0 Å². The number of carbonyl (C=O) groups is 1. The standard InChI is InChI=1S/C10H15N3O3S2/c1-6-8(17-10(11)13-6)9(14)12-4-7-2-3-18(15,16)5-7/h7H,2-5H2,1H3,(H2,11,13)(H,12,14). The third kappa shape index (κ3) is 2.99. The van der Waals surface area contributed by atoms with Crippen molar-refractivity contribution in [2.45, 2.75) is 13.3 Å². The Morgan fingerprint density at radius 1 is 1.61 bits per heavy atom. The van der Waals surface area contributed by atoms with E-state index in [4.69, 9.17) is 5.73 Å². The number of thiazole rings is 1. The van der Waals surface area contributed by atoms with Crippen LogP contribution in [0.15, 0.2) is 0 Å². The smallest absolute Gasteiger partial charge is 0.263 e. The summed E-state index contributed by atoms with van der Waals surface area (Å²) in [5, 5.41) is 3.11. The van der Waals surface area contributed by atoms with Gasteiger partial charge in [-0.05, 0) is 19.3 Å². The first-order valence-corrected chi connectivity index (χ1v) is 8.23. The summed E-state index contributed by atoms with van der Waals surface area (Å²) in [4.78, 5) is 16.3. The predicted octanol–water partition coefficient (Wildman–Crippen LogP) is 0.198. The number of nitrogen functional groups attached to an aromatic ring is 1. The van der Waals surface area contributed by atoms with Crippen molar-refractivity contribution in [1.82, 2.24) is 10.3 Å². The molecule has 0 bridgehead atoms. The molecule has 0 aromatic carbocycles. The van der Waals surface area contributed by atoms with E-state index >= 15 is 0 Å². The summed E-state index contributed by atoms with van der Waals surface area (Å²) in [7, 11) is -2.89. The van der Waals surface area contributed by atoms with Crippen molar-refractivity contribution < 1.29 is 13.2 Å². The largest absolute Gasteiger partial charge is 0.375 e. The van der Waals surface area contributed by atoms with Gasteiger partial charge in [0.25, 0.3) is 5.91 Å². The van der Waals surface area contributed by atoms with Crippen molar-refractivity contribution in [2.24, 2.45) is 5.92 Å². The topological polar surface area (TPSA) is 102 Å². The fourth-order valence-corrected chi connectivity index (χ4v) is 4.59. The summed E-state index contributed by atoms with van der Waals surface area (Å²) in [5.41, 5.74) is 6.12. The van der Waals surface area contributed by atoms with Gasteiger partial charge in [-0.3, -0.25) is 4.79 Å². The van der Waals surface area contributed by atoms with Crippen LogP contribution in [0.2, 0.25) is 0 Å². The maximum Gasteiger partial charge on any atom is 0.263 e. The molecule has 0 radical (unpaired) electrons. The summed E-state index contributed by atoms with van der Waals surface area (Å²) >= 11 is 1.14. The fourth-order valence-electron chi connectivity index (χ4n) is 1.98. The van der Waals surface area contributed by atoms with E-state index in [1.165, 1.54) is 0 Å². The first kappa shape index (κ1) is 13.3. The molecule has 3 N–H and O–H groups in total. The summed E-state index contributed by atoms with van der Waals surface area (Å²) in [6.45, 7) is 2.11. The number of nitrogens with two attached hydrogens (primary N) is 1. The normalized spacial score (nSPS) is 21.9. The Labute approximate surface area is 110 Å². The van der Waals surface area contributed by atoms with Crippen molar-refractivity contribution in [1.29, 1.82) is 0 Å². The molecule has 1 saturated heterocycles. The van der Waals surface area contributed by atoms with E-state index in [2.05, 4.69) is 10.3 Å². The molecular weight excluding hydrogens is 274 g/mol. The zero-order chi connectivity index (χ0) is 13.3. The van der Waals surface area contributed by atoms with E-state index < -0.39 is 9.84 Å². The highest BCUT2D eigenvalue weighted by molar-refractivity contribution is 7.91. The number of amides is 1. The van der Waals surface area contributed by atoms with Gasteiger partial charge in [-0.2, -0.15) is 0 Å². The van der Waals surface area contributed by atoms with Crippen molar-refractivity contribution in [3.05, 3.63) is 10.6 Å². The quantitative estimate of drug-likeness (QED) is 0.827. The Morgan fingerprint density at radius 3 is 2.83 bits per heavy atom. The van der Waals surface area contributed by atoms with Gasteiger partial charge in [-0.1, -0.05) is 11.3 Å². The number of aryl methyl sites for hydroxylation is 1. The molecule has 0 saturated carbocycles. The highest BCUT2D eigenvalue weighted by Gasteiger charge is 2.28. The molecule has 1 aliphatic rings. The predicted molar refractivity (Wildman–Crippen MR) is 70.4 cm³/mol. The minimum atomic E-state index is -2.89. The van der Waals surface area contributed by atoms with Gasteiger partial charge in [0.05, 0.1) is 17.2 Å². The molecule has 100 valence electrons. The first-order chi connectivity index (χ1) is 8.37. The average Bonchev–Trinajstić information content (AvgIpc) is 2.78. The summed E-state index contributed by atoms with van der Waals surface area (Å²) in [6, 6.07) is 0. The van der Waals surface area contributed by atoms with E-state index in [0.29, 0.717) is 28.7 Å². The van der Waals surface area contributed by atoms with Crippen LogP contribution in [0.3, 0.4) is 0 Å². The van der Waals surface area contributed by atoms with Crippen molar-refractivity contribution >= 4 is 32.2 Å². The maximum atomic E-state index is 11.9. The molecule has 1 unspecified atom stereocenters. The second-order valence-corrected chi connectivity index (χ2v) is 7.71. The molecule has 2 rings (SSSR count). The summed E-state index contributed by atoms with van der Waals surface area (Å²) in [5.74, 6) is 0.174. The summed E-state index contributed by atoms with van der Waals surface area (Å²) < 4.78 is 22.6. The Kier molecular flexibility index (Phi) is 3.58. The second kappa shape index (κ2) is 4.85. The van der Waals surface area contributed by atoms with E-state index in [-0.39, 0.29) is 23.3 Å². The number of aromatic nitrogens is 1. The third-order valence-corrected chi connectivity index (χ3v) is 5.72. The van der Waals surface area contributed by atoms with Gasteiger partial charge in [-0.25, -0.2) is 13.4 Å². The van der Waals surface area contributed by atoms with Crippen LogP contribution in [0.5, 0.6) is 0 Å². The lowest BCUT2D eigenvalue weighted by Crippen LogP contribution is -2.29. The van der Waals surface area contributed by atoms with E-state index in [0.717, 1.165) is 11.3 Å². The maximum absolute atomic E-state index is 11.9. The van der Waals surface area contributed by atoms with Crippen LogP contribution in [0.1, 0.15) is 21.8 Å². The van der Waals surface area contributed by atoms with Crippen molar-refractivity contribution in [2.75, 3.05) is 23.8 Å². The molecule has 0 aliphatic carbocycles. The van der Waals surface area contributed by atoms with Gasteiger partial charge in [0.1, 0.15) is 4.88 Å². The van der Waals surface area contributed by atoms with Crippen LogP contribution in [-0.4, -0.2) is 37.4 Å². The van der Waals surface area contributed by atoms with Gasteiger partial charge in [0, 0.05) is 6.54 Å². The number of hydrogen-bond donors (Lipinski definition) is 2. The molecule has 1 aromatic heterocycles. The molecule has 1 aromatic rings. The molecule has 1 amide bonds. The van der Waals surface area contributed by atoms with Crippen LogP contribution in [0.25, 0.3) is 0 Å². The number of hydrogen-bond acceptors (Lipinski definition) is 6. The lowest BCUT2D eigenvalue weighted by atomic mass is 10.1. The number of nitrogens with zero attached hydrogens (tertiary/aromatic N) is 1. The zero-order valence-electron chi connectivity index (χ0n) is 9.97. The van der Waals surface area contributed by atoms with Crippen LogP contribution in [-0.2, 0) is 9.84 Å². The second-order valence-electron chi connectivity index (χ2n) is 4.45. The van der Waals surface area contributed by atoms with Gasteiger partial charge < -0.3 is 11.1 Å². The van der Waals surface area contributed by atoms with Crippen LogP contribution >= 0.6 is 11.3 Å². The van der Waals surface area contributed by atoms with Crippen LogP contribution in [0, 0.1) is 12.8 Å². The first-order valence-electron chi connectivity index (χ1n) is 5.59. The molecule has 1 atom stereocenters. The molecule has 8 heteroatoms. The summed E-state index contributed by atoms with van der Waals surface area (Å²) in [6.07, 6.45) is 0.617. The molecular formula is C10H15N3O3S2. The number of rotatable bonds is 3. The third-order valence-electron chi connectivity index (χ3n) is 2.90. The fraction of sp³-hybridized carbons (Fsp3) is 0.600. The van der Waals surface area contributed by atoms with Gasteiger partial charge >= 0.3 is 0 Å². The highest BCUT2D eigenvalue weighted by atomic mass is 32.2. The lowest BCUT2D eigenvalue weighted by Gasteiger charge is -2.08. The molecule has 1 fully saturated rings. The van der Waals surface area contributed by atoms with Gasteiger partial charge in [0.2, 0.25) is 0 Å². The van der Waals surface area contributed by atoms with E-state index in [1.807, 2.05) is 0 Å². The minimum absolute atomic E-state index is 0.0181. The van der Waals surface area contributed by atoms with Crippen molar-refractivity contribution in [3.8, 4) is 0 Å². The Hall–Kier alpha value is -1.15. The van der Waals surface area contributed by atoms with Gasteiger partial charge in [-0.15, -0.1) is 0 Å². The zero-order valence-corrected chi connectivity index (χ0v) is 11.6. The molecule has 6 nitrogen and oxygen atoms in total. The number of nitrogens with one attached hydrogen (secondary N) is 1. The molecule has 0 spiro atoms. The van der Waals surface area contributed by atoms with E-state index in [9.17, 15) is 13.2 Å². The number of carbonyl (C=O) groups excluding carboxylic acids is 1.